The molecule has 0 aromatic carbocycles. The predicted molar refractivity (Wildman–Crippen MR) is 43.3 cm³/mol. The summed E-state index contributed by atoms with van der Waals surface area (Å²) in [6.45, 7) is 1.15. The van der Waals surface area contributed by atoms with Crippen molar-refractivity contribution in [2.75, 3.05) is 13.2 Å². The van der Waals surface area contributed by atoms with Gasteiger partial charge in [-0.3, -0.25) is 4.79 Å². The van der Waals surface area contributed by atoms with Gasteiger partial charge in [0.2, 0.25) is 5.91 Å². The first kappa shape index (κ1) is 8.01. The molecule has 0 unspecified atom stereocenters. The maximum atomic E-state index is 11.4. The first-order valence-corrected chi connectivity index (χ1v) is 4.43. The van der Waals surface area contributed by atoms with Gasteiger partial charge in [0.25, 0.3) is 0 Å². The van der Waals surface area contributed by atoms with E-state index >= 15 is 0 Å². The van der Waals surface area contributed by atoms with Crippen LogP contribution in [-0.4, -0.2) is 36.2 Å². The molecule has 2 saturated heterocycles. The van der Waals surface area contributed by atoms with Crippen LogP contribution in [0.5, 0.6) is 0 Å². The van der Waals surface area contributed by atoms with E-state index in [0.717, 1.165) is 12.8 Å². The van der Waals surface area contributed by atoms with Crippen LogP contribution < -0.4 is 5.73 Å². The predicted octanol–water partition coefficient (Wildman–Crippen LogP) is -0.318. The van der Waals surface area contributed by atoms with Crippen molar-refractivity contribution in [2.45, 2.75) is 31.5 Å². The third kappa shape index (κ3) is 1.21. The Labute approximate surface area is 71.7 Å². The number of carbonyl (C=O) groups excluding carboxylic acids is 1. The number of hydrogen-bond donors (Lipinski definition) is 1. The normalized spacial score (nSPS) is 36.4. The van der Waals surface area contributed by atoms with Gasteiger partial charge in [0, 0.05) is 6.42 Å². The lowest BCUT2D eigenvalue weighted by molar-refractivity contribution is -0.150. The van der Waals surface area contributed by atoms with Gasteiger partial charge in [-0.25, -0.2) is 0 Å². The van der Waals surface area contributed by atoms with Crippen LogP contribution in [0.4, 0.5) is 0 Å². The smallest absolute Gasteiger partial charge is 0.224 e. The summed E-state index contributed by atoms with van der Waals surface area (Å²) < 4.78 is 5.28. The molecule has 2 heterocycles. The van der Waals surface area contributed by atoms with E-state index in [9.17, 15) is 4.79 Å². The molecule has 2 aliphatic heterocycles. The van der Waals surface area contributed by atoms with Crippen molar-refractivity contribution in [1.29, 1.82) is 0 Å². The lowest BCUT2D eigenvalue weighted by Crippen LogP contribution is -2.60. The van der Waals surface area contributed by atoms with Gasteiger partial charge in [-0.15, -0.1) is 0 Å². The summed E-state index contributed by atoms with van der Waals surface area (Å²) in [5.41, 5.74) is 5.76. The molecule has 0 saturated carbocycles. The Morgan fingerprint density at radius 2 is 2.33 bits per heavy atom. The number of fused-ring (bicyclic) bond motifs is 1. The Balaban J connectivity index is 2.12. The summed E-state index contributed by atoms with van der Waals surface area (Å²) in [6.07, 6.45) is 2.47. The van der Waals surface area contributed by atoms with E-state index in [-0.39, 0.29) is 18.1 Å². The molecule has 2 fully saturated rings. The monoisotopic (exact) mass is 170 g/mol. The number of carbonyl (C=O) groups is 1. The average molecular weight is 170 g/mol. The Morgan fingerprint density at radius 3 is 3.08 bits per heavy atom. The maximum Gasteiger partial charge on any atom is 0.224 e. The van der Waals surface area contributed by atoms with Gasteiger partial charge in [-0.2, -0.15) is 0 Å². The molecule has 0 aromatic rings. The molecule has 12 heavy (non-hydrogen) atoms. The quantitative estimate of drug-likeness (QED) is 0.542. The second-order valence-electron chi connectivity index (χ2n) is 3.45. The van der Waals surface area contributed by atoms with Crippen LogP contribution in [0.2, 0.25) is 0 Å². The minimum absolute atomic E-state index is 0.196. The summed E-state index contributed by atoms with van der Waals surface area (Å²) >= 11 is 0. The zero-order valence-electron chi connectivity index (χ0n) is 7.03. The van der Waals surface area contributed by atoms with Crippen molar-refractivity contribution < 1.29 is 9.53 Å². The maximum absolute atomic E-state index is 11.4. The van der Waals surface area contributed by atoms with Gasteiger partial charge in [-0.05, 0) is 12.8 Å². The van der Waals surface area contributed by atoms with E-state index in [4.69, 9.17) is 10.5 Å². The Kier molecular flexibility index (Phi) is 2.02. The highest BCUT2D eigenvalue weighted by Crippen LogP contribution is 2.22. The van der Waals surface area contributed by atoms with Crippen molar-refractivity contribution >= 4 is 5.91 Å². The second-order valence-corrected chi connectivity index (χ2v) is 3.45. The number of hydrogen-bond acceptors (Lipinski definition) is 3. The molecule has 68 valence electrons. The minimum atomic E-state index is -0.212. The van der Waals surface area contributed by atoms with E-state index < -0.39 is 0 Å². The van der Waals surface area contributed by atoms with Crippen molar-refractivity contribution in [1.82, 2.24) is 4.90 Å². The number of piperidine rings is 1. The van der Waals surface area contributed by atoms with E-state index in [1.807, 2.05) is 0 Å². The van der Waals surface area contributed by atoms with Crippen LogP contribution in [0.3, 0.4) is 0 Å². The Hall–Kier alpha value is -0.610. The number of ether oxygens (including phenoxy) is 1. The molecule has 0 bridgehead atoms. The molecule has 4 nitrogen and oxygen atoms in total. The van der Waals surface area contributed by atoms with Gasteiger partial charge in [0.15, 0.2) is 0 Å². The van der Waals surface area contributed by atoms with Gasteiger partial charge in [0.1, 0.15) is 6.17 Å². The molecule has 4 heteroatoms. The van der Waals surface area contributed by atoms with E-state index in [0.29, 0.717) is 19.6 Å². The van der Waals surface area contributed by atoms with Crippen LogP contribution in [-0.2, 0) is 9.53 Å². The van der Waals surface area contributed by atoms with Gasteiger partial charge in [-0.1, -0.05) is 0 Å². The number of rotatable bonds is 0. The van der Waals surface area contributed by atoms with E-state index in [1.54, 1.807) is 4.90 Å². The van der Waals surface area contributed by atoms with Crippen LogP contribution in [0.1, 0.15) is 19.3 Å². The highest BCUT2D eigenvalue weighted by molar-refractivity contribution is 5.77. The van der Waals surface area contributed by atoms with Crippen molar-refractivity contribution in [3.05, 3.63) is 0 Å². The highest BCUT2D eigenvalue weighted by Gasteiger charge is 2.35. The number of nitrogens with two attached hydrogens (primary N) is 1. The fourth-order valence-electron chi connectivity index (χ4n) is 1.99. The molecule has 2 aliphatic rings. The van der Waals surface area contributed by atoms with Crippen LogP contribution in [0.25, 0.3) is 0 Å². The summed E-state index contributed by atoms with van der Waals surface area (Å²) in [7, 11) is 0. The SMILES string of the molecule is N[C@@H]1COC[C@@H]2CCCC(=O)N21. The summed E-state index contributed by atoms with van der Waals surface area (Å²) in [4.78, 5) is 13.2. The van der Waals surface area contributed by atoms with Gasteiger partial charge in [0.05, 0.1) is 19.3 Å². The van der Waals surface area contributed by atoms with Crippen LogP contribution >= 0.6 is 0 Å². The molecule has 2 rings (SSSR count). The van der Waals surface area contributed by atoms with Crippen LogP contribution in [0.15, 0.2) is 0 Å². The topological polar surface area (TPSA) is 55.6 Å². The fraction of sp³-hybridized carbons (Fsp3) is 0.875. The van der Waals surface area contributed by atoms with E-state index in [2.05, 4.69) is 0 Å². The summed E-state index contributed by atoms with van der Waals surface area (Å²) in [5.74, 6) is 0.196. The number of nitrogens with zero attached hydrogens (tertiary/aromatic N) is 1. The first-order chi connectivity index (χ1) is 5.79. The largest absolute Gasteiger partial charge is 0.376 e. The fourth-order valence-corrected chi connectivity index (χ4v) is 1.99. The van der Waals surface area contributed by atoms with Crippen LogP contribution in [0, 0.1) is 0 Å². The van der Waals surface area contributed by atoms with E-state index in [1.165, 1.54) is 0 Å². The lowest BCUT2D eigenvalue weighted by atomic mass is 10.0. The second kappa shape index (κ2) is 3.03. The third-order valence-electron chi connectivity index (χ3n) is 2.57. The average Bonchev–Trinajstić information content (AvgIpc) is 2.04. The number of morpholine rings is 1. The lowest BCUT2D eigenvalue weighted by Gasteiger charge is -2.42. The zero-order chi connectivity index (χ0) is 8.55. The Morgan fingerprint density at radius 1 is 1.50 bits per heavy atom. The number of amides is 1. The van der Waals surface area contributed by atoms with Crippen molar-refractivity contribution in [3.63, 3.8) is 0 Å². The first-order valence-electron chi connectivity index (χ1n) is 4.43. The molecular weight excluding hydrogens is 156 g/mol. The zero-order valence-corrected chi connectivity index (χ0v) is 7.03. The third-order valence-corrected chi connectivity index (χ3v) is 2.57. The Bertz CT molecular complexity index is 193. The summed E-state index contributed by atoms with van der Waals surface area (Å²) in [5, 5.41) is 0. The standard InChI is InChI=1S/C8H14N2O2/c9-7-5-12-4-6-2-1-3-8(11)10(6)7/h6-7H,1-5,9H2/t6-,7-/m0/s1. The molecule has 1 amide bonds. The molecule has 0 spiro atoms. The molecular formula is C8H14N2O2. The summed E-state index contributed by atoms with van der Waals surface area (Å²) in [6, 6.07) is 0.245. The molecule has 2 N–H and O–H groups in total. The minimum Gasteiger partial charge on any atom is -0.376 e. The molecule has 0 radical (unpaired) electrons. The molecule has 2 atom stereocenters. The van der Waals surface area contributed by atoms with Gasteiger partial charge >= 0.3 is 0 Å². The van der Waals surface area contributed by atoms with Crippen molar-refractivity contribution in [2.24, 2.45) is 5.73 Å². The molecule has 0 aromatic heterocycles. The highest BCUT2D eigenvalue weighted by atomic mass is 16.5. The van der Waals surface area contributed by atoms with Crippen molar-refractivity contribution in [3.8, 4) is 0 Å². The molecule has 0 aliphatic carbocycles. The van der Waals surface area contributed by atoms with Gasteiger partial charge < -0.3 is 15.4 Å².